The van der Waals surface area contributed by atoms with Crippen molar-refractivity contribution in [3.05, 3.63) is 17.9 Å². The molecule has 1 fully saturated rings. The van der Waals surface area contributed by atoms with Gasteiger partial charge in [0.15, 0.2) is 0 Å². The van der Waals surface area contributed by atoms with E-state index in [-0.39, 0.29) is 5.60 Å². The first-order chi connectivity index (χ1) is 6.72. The molecule has 0 bridgehead atoms. The molecule has 4 nitrogen and oxygen atoms in total. The Labute approximate surface area is 83.2 Å². The average Bonchev–Trinajstić information content (AvgIpc) is 2.51. The van der Waals surface area contributed by atoms with Gasteiger partial charge in [-0.1, -0.05) is 0 Å². The van der Waals surface area contributed by atoms with Gasteiger partial charge in [0.25, 0.3) is 5.95 Å². The fraction of sp³-hybridized carbons (Fsp3) is 0.600. The normalized spacial score (nSPS) is 19.0. The van der Waals surface area contributed by atoms with Crippen molar-refractivity contribution < 1.29 is 13.9 Å². The van der Waals surface area contributed by atoms with Crippen molar-refractivity contribution in [2.24, 2.45) is 0 Å². The zero-order valence-electron chi connectivity index (χ0n) is 8.50. The van der Waals surface area contributed by atoms with Crippen LogP contribution in [0.3, 0.4) is 0 Å². The lowest BCUT2D eigenvalue weighted by Gasteiger charge is -2.38. The third-order valence-corrected chi connectivity index (χ3v) is 2.27. The fourth-order valence-corrected chi connectivity index (χ4v) is 1.43. The zero-order valence-corrected chi connectivity index (χ0v) is 8.50. The Kier molecular flexibility index (Phi) is 2.48. The molecule has 14 heavy (non-hydrogen) atoms. The lowest BCUT2D eigenvalue weighted by atomic mass is 10.0. The van der Waals surface area contributed by atoms with E-state index in [0.717, 1.165) is 18.8 Å². The molecule has 1 aromatic heterocycles. The summed E-state index contributed by atoms with van der Waals surface area (Å²) in [5.74, 6) is 1.36. The van der Waals surface area contributed by atoms with Gasteiger partial charge in [-0.2, -0.15) is 0 Å². The van der Waals surface area contributed by atoms with E-state index in [1.807, 2.05) is 12.1 Å². The van der Waals surface area contributed by atoms with Crippen molar-refractivity contribution in [2.45, 2.75) is 19.1 Å². The molecule has 1 saturated heterocycles. The van der Waals surface area contributed by atoms with Gasteiger partial charge in [0.1, 0.15) is 18.0 Å². The van der Waals surface area contributed by atoms with E-state index in [9.17, 15) is 0 Å². The second-order valence-corrected chi connectivity index (χ2v) is 3.81. The van der Waals surface area contributed by atoms with Crippen LogP contribution in [0.15, 0.2) is 16.5 Å². The molecule has 4 heteroatoms. The first-order valence-corrected chi connectivity index (χ1v) is 4.69. The molecular formula is C10H15NO3. The molecule has 0 spiro atoms. The van der Waals surface area contributed by atoms with Crippen molar-refractivity contribution in [1.82, 2.24) is 5.32 Å². The van der Waals surface area contributed by atoms with Gasteiger partial charge in [0.2, 0.25) is 0 Å². The first-order valence-electron chi connectivity index (χ1n) is 4.69. The Morgan fingerprint density at radius 1 is 1.50 bits per heavy atom. The molecule has 1 aromatic rings. The van der Waals surface area contributed by atoms with E-state index in [2.05, 4.69) is 12.2 Å². The zero-order chi connectivity index (χ0) is 10.0. The summed E-state index contributed by atoms with van der Waals surface area (Å²) in [4.78, 5) is 0. The molecule has 0 unspecified atom stereocenters. The lowest BCUT2D eigenvalue weighted by molar-refractivity contribution is 0.0105. The van der Waals surface area contributed by atoms with Gasteiger partial charge in [0, 0.05) is 26.3 Å². The summed E-state index contributed by atoms with van der Waals surface area (Å²) in [6.07, 6.45) is 0. The Morgan fingerprint density at radius 3 is 2.86 bits per heavy atom. The van der Waals surface area contributed by atoms with Crippen LogP contribution in [0.5, 0.6) is 5.95 Å². The number of furan rings is 1. The van der Waals surface area contributed by atoms with Crippen LogP contribution in [-0.4, -0.2) is 25.8 Å². The van der Waals surface area contributed by atoms with Crippen LogP contribution in [0.25, 0.3) is 0 Å². The summed E-state index contributed by atoms with van der Waals surface area (Å²) in [6, 6.07) is 3.70. The van der Waals surface area contributed by atoms with Gasteiger partial charge >= 0.3 is 0 Å². The van der Waals surface area contributed by atoms with Crippen LogP contribution in [0.4, 0.5) is 0 Å². The monoisotopic (exact) mass is 197 g/mol. The van der Waals surface area contributed by atoms with E-state index >= 15 is 0 Å². The number of methoxy groups -OCH3 is 1. The number of hydrogen-bond acceptors (Lipinski definition) is 4. The maximum absolute atomic E-state index is 5.68. The minimum atomic E-state index is -0.109. The van der Waals surface area contributed by atoms with Crippen LogP contribution < -0.4 is 10.1 Å². The Morgan fingerprint density at radius 2 is 2.29 bits per heavy atom. The van der Waals surface area contributed by atoms with Crippen molar-refractivity contribution in [1.29, 1.82) is 0 Å². The Bertz CT molecular complexity index is 304. The molecule has 1 aliphatic rings. The summed E-state index contributed by atoms with van der Waals surface area (Å²) in [5, 5.41) is 3.16. The van der Waals surface area contributed by atoms with E-state index in [4.69, 9.17) is 13.9 Å². The van der Waals surface area contributed by atoms with E-state index in [0.29, 0.717) is 12.6 Å². The molecule has 0 aromatic carbocycles. The second-order valence-electron chi connectivity index (χ2n) is 3.81. The van der Waals surface area contributed by atoms with Gasteiger partial charge in [-0.3, -0.25) is 0 Å². The van der Waals surface area contributed by atoms with Gasteiger partial charge in [-0.15, -0.1) is 0 Å². The molecule has 0 aliphatic carbocycles. The van der Waals surface area contributed by atoms with E-state index < -0.39 is 0 Å². The quantitative estimate of drug-likeness (QED) is 0.786. The van der Waals surface area contributed by atoms with Crippen molar-refractivity contribution >= 4 is 0 Å². The first kappa shape index (κ1) is 9.55. The van der Waals surface area contributed by atoms with Gasteiger partial charge in [-0.05, 0) is 13.0 Å². The van der Waals surface area contributed by atoms with Gasteiger partial charge in [0.05, 0.1) is 0 Å². The molecule has 0 amide bonds. The molecule has 1 N–H and O–H groups in total. The van der Waals surface area contributed by atoms with Crippen molar-refractivity contribution in [2.75, 3.05) is 20.2 Å². The van der Waals surface area contributed by atoms with Crippen LogP contribution in [-0.2, 0) is 11.3 Å². The number of hydrogen-bond donors (Lipinski definition) is 1. The molecule has 0 radical (unpaired) electrons. The molecule has 1 aliphatic heterocycles. The number of ether oxygens (including phenoxy) is 2. The number of rotatable bonds is 4. The highest BCUT2D eigenvalue weighted by Gasteiger charge is 2.34. The Balaban J connectivity index is 1.95. The molecule has 2 rings (SSSR count). The standard InChI is InChI=1S/C10H15NO3/c1-10(6-11-7-10)14-9-4-3-8(13-9)5-12-2/h3-4,11H,5-7H2,1-2H3. The lowest BCUT2D eigenvalue weighted by Crippen LogP contribution is -2.60. The summed E-state index contributed by atoms with van der Waals surface area (Å²) in [6.45, 7) is 4.28. The topological polar surface area (TPSA) is 43.6 Å². The predicted molar refractivity (Wildman–Crippen MR) is 51.3 cm³/mol. The van der Waals surface area contributed by atoms with Crippen molar-refractivity contribution in [3.8, 4) is 5.95 Å². The van der Waals surface area contributed by atoms with Crippen LogP contribution in [0, 0.1) is 0 Å². The summed E-state index contributed by atoms with van der Waals surface area (Å²) >= 11 is 0. The number of nitrogens with one attached hydrogen (secondary N) is 1. The Hall–Kier alpha value is -1.00. The molecule has 0 atom stereocenters. The van der Waals surface area contributed by atoms with Crippen LogP contribution >= 0.6 is 0 Å². The largest absolute Gasteiger partial charge is 0.456 e. The van der Waals surface area contributed by atoms with Crippen molar-refractivity contribution in [3.63, 3.8) is 0 Å². The molecule has 2 heterocycles. The fourth-order valence-electron chi connectivity index (χ4n) is 1.43. The maximum atomic E-state index is 5.68. The average molecular weight is 197 g/mol. The summed E-state index contributed by atoms with van der Waals surface area (Å²) in [7, 11) is 1.64. The van der Waals surface area contributed by atoms with E-state index in [1.165, 1.54) is 0 Å². The molecular weight excluding hydrogens is 182 g/mol. The summed E-state index contributed by atoms with van der Waals surface area (Å²) in [5.41, 5.74) is -0.109. The van der Waals surface area contributed by atoms with Crippen LogP contribution in [0.1, 0.15) is 12.7 Å². The molecule has 78 valence electrons. The second kappa shape index (κ2) is 3.63. The SMILES string of the molecule is COCc1ccc(OC2(C)CNC2)o1. The predicted octanol–water partition coefficient (Wildman–Crippen LogP) is 1.17. The minimum Gasteiger partial charge on any atom is -0.456 e. The third-order valence-electron chi connectivity index (χ3n) is 2.27. The highest BCUT2D eigenvalue weighted by atomic mass is 16.6. The minimum absolute atomic E-state index is 0.109. The maximum Gasteiger partial charge on any atom is 0.285 e. The van der Waals surface area contributed by atoms with Gasteiger partial charge in [-0.25, -0.2) is 0 Å². The molecule has 0 saturated carbocycles. The summed E-state index contributed by atoms with van der Waals surface area (Å²) < 4.78 is 16.1. The highest BCUT2D eigenvalue weighted by molar-refractivity contribution is 5.13. The van der Waals surface area contributed by atoms with Crippen LogP contribution in [0.2, 0.25) is 0 Å². The van der Waals surface area contributed by atoms with Gasteiger partial charge < -0.3 is 19.2 Å². The third kappa shape index (κ3) is 1.91. The highest BCUT2D eigenvalue weighted by Crippen LogP contribution is 2.24. The van der Waals surface area contributed by atoms with E-state index in [1.54, 1.807) is 7.11 Å². The smallest absolute Gasteiger partial charge is 0.285 e.